The maximum Gasteiger partial charge on any atom is 0.390 e. The van der Waals surface area contributed by atoms with Crippen molar-refractivity contribution >= 4 is 25.8 Å². The van der Waals surface area contributed by atoms with Gasteiger partial charge in [0, 0.05) is 28.9 Å². The molecule has 0 aliphatic carbocycles. The fourth-order valence-corrected chi connectivity index (χ4v) is 3.09. The van der Waals surface area contributed by atoms with E-state index in [2.05, 4.69) is 16.5 Å². The van der Waals surface area contributed by atoms with Crippen LogP contribution in [0.25, 0.3) is 0 Å². The van der Waals surface area contributed by atoms with Crippen LogP contribution < -0.4 is 31.3 Å². The number of aromatic nitrogens is 1. The van der Waals surface area contributed by atoms with E-state index in [1.54, 1.807) is 20.7 Å². The molecular weight excluding hydrogens is 282 g/mol. The highest BCUT2D eigenvalue weighted by Gasteiger charge is 2.11. The molecule has 1 aromatic heterocycles. The molecule has 0 fully saturated rings. The molecule has 1 aromatic rings. The predicted octanol–water partition coefficient (Wildman–Crippen LogP) is -2.14. The van der Waals surface area contributed by atoms with E-state index in [1.165, 1.54) is 0 Å². The highest BCUT2D eigenvalue weighted by molar-refractivity contribution is 7.69. The van der Waals surface area contributed by atoms with Gasteiger partial charge in [-0.05, 0) is 10.3 Å². The second kappa shape index (κ2) is 6.31. The summed E-state index contributed by atoms with van der Waals surface area (Å²) in [5, 5.41) is 1.05. The molecule has 3 nitrogen and oxygen atoms in total. The van der Waals surface area contributed by atoms with E-state index in [-0.39, 0.29) is 17.0 Å². The summed E-state index contributed by atoms with van der Waals surface area (Å²) in [6.45, 7) is 4.54. The normalized spacial score (nSPS) is 9.07. The average Bonchev–Trinajstić information content (AvgIpc) is 2.52. The first kappa shape index (κ1) is 13.8. The Morgan fingerprint density at radius 2 is 2.14 bits per heavy atom. The van der Waals surface area contributed by atoms with E-state index in [1.807, 2.05) is 31.8 Å². The summed E-state index contributed by atoms with van der Waals surface area (Å²) < 4.78 is 2.02. The van der Waals surface area contributed by atoms with Crippen molar-refractivity contribution in [2.24, 2.45) is 0 Å². The van der Waals surface area contributed by atoms with Gasteiger partial charge < -0.3 is 21.9 Å². The minimum atomic E-state index is 0. The van der Waals surface area contributed by atoms with Crippen molar-refractivity contribution in [2.75, 3.05) is 32.6 Å². The first-order chi connectivity index (χ1) is 6.15. The van der Waals surface area contributed by atoms with E-state index < -0.39 is 0 Å². The number of rotatable bonds is 3. The molecule has 0 aromatic carbocycles. The van der Waals surface area contributed by atoms with Crippen molar-refractivity contribution in [2.45, 2.75) is 0 Å². The Kier molecular flexibility index (Phi) is 6.22. The molecule has 0 spiro atoms. The third-order valence-corrected chi connectivity index (χ3v) is 3.88. The summed E-state index contributed by atoms with van der Waals surface area (Å²) in [7, 11) is 9.41. The lowest BCUT2D eigenvalue weighted by Gasteiger charge is -2.07. The van der Waals surface area contributed by atoms with Crippen LogP contribution in [-0.2, 0) is 0 Å². The maximum atomic E-state index is 4.47. The van der Waals surface area contributed by atoms with Crippen LogP contribution >= 0.6 is 20.7 Å². The molecule has 1 rings (SSSR count). The van der Waals surface area contributed by atoms with Crippen LogP contribution in [0, 0.1) is 0 Å². The molecule has 0 saturated heterocycles. The Morgan fingerprint density at radius 3 is 2.57 bits per heavy atom. The van der Waals surface area contributed by atoms with Gasteiger partial charge in [0.2, 0.25) is 0 Å². The molecule has 6 heteroatoms. The van der Waals surface area contributed by atoms with Gasteiger partial charge in [-0.1, -0.05) is 6.08 Å². The second-order valence-corrected chi connectivity index (χ2v) is 4.97. The number of hydrogen-bond acceptors (Lipinski definition) is 4. The number of likely N-dealkylation sites (N-methyl/N-ethyl adjacent to an activating group) is 1. The second-order valence-electron chi connectivity index (χ2n) is 2.91. The summed E-state index contributed by atoms with van der Waals surface area (Å²) in [6, 6.07) is 0. The van der Waals surface area contributed by atoms with Crippen molar-refractivity contribution in [1.29, 1.82) is 0 Å². The summed E-state index contributed by atoms with van der Waals surface area (Å²) in [5.74, 6) is 0. The summed E-state index contributed by atoms with van der Waals surface area (Å²) >= 11 is 0. The van der Waals surface area contributed by atoms with Gasteiger partial charge in [0.05, 0.1) is 14.1 Å². The molecule has 0 unspecified atom stereocenters. The zero-order valence-corrected chi connectivity index (χ0v) is 11.7. The number of hydrogen-bond donors (Lipinski definition) is 0. The Morgan fingerprint density at radius 1 is 1.50 bits per heavy atom. The number of nitrogens with zero attached hydrogens (tertiary/aromatic N) is 3. The number of anilines is 1. The van der Waals surface area contributed by atoms with Gasteiger partial charge in [-0.15, -0.1) is 6.58 Å². The van der Waals surface area contributed by atoms with Crippen molar-refractivity contribution in [3.8, 4) is 0 Å². The standard InChI is InChI=1S/C8H14N3S2.BrH/c1-5-6-11(4)8-9-7(10(2)3)12-13-8;/h5H,1,6H2,2-4H3;1H/q+1;/p-1. The Bertz CT molecular complexity index is 351. The van der Waals surface area contributed by atoms with Crippen LogP contribution in [0.4, 0.5) is 5.13 Å². The highest BCUT2D eigenvalue weighted by atomic mass is 79.9. The lowest BCUT2D eigenvalue weighted by molar-refractivity contribution is -0.00000274. The molecule has 0 aliphatic heterocycles. The molecule has 0 saturated carbocycles. The molecule has 0 radical (unpaired) electrons. The first-order valence-corrected chi connectivity index (χ1v) is 6.09. The molecule has 0 aliphatic rings. The minimum Gasteiger partial charge on any atom is -1.00 e. The van der Waals surface area contributed by atoms with Crippen LogP contribution in [0.1, 0.15) is 0 Å². The fourth-order valence-electron chi connectivity index (χ4n) is 0.789. The van der Waals surface area contributed by atoms with Gasteiger partial charge in [0.15, 0.2) is 0 Å². The Labute approximate surface area is 102 Å². The lowest BCUT2D eigenvalue weighted by Crippen LogP contribution is -3.00. The molecule has 0 atom stereocenters. The zero-order chi connectivity index (χ0) is 9.84. The van der Waals surface area contributed by atoms with Gasteiger partial charge in [-0.2, -0.15) is 0 Å². The van der Waals surface area contributed by atoms with E-state index >= 15 is 0 Å². The van der Waals surface area contributed by atoms with Gasteiger partial charge in [0.1, 0.15) is 0 Å². The summed E-state index contributed by atoms with van der Waals surface area (Å²) in [4.78, 5) is 7.61. The van der Waals surface area contributed by atoms with E-state index in [9.17, 15) is 0 Å². The quantitative estimate of drug-likeness (QED) is 0.360. The van der Waals surface area contributed by atoms with Crippen molar-refractivity contribution in [3.63, 3.8) is 0 Å². The smallest absolute Gasteiger partial charge is 0.390 e. The Hall–Kier alpha value is -0.200. The molecule has 1 heterocycles. The van der Waals surface area contributed by atoms with E-state index in [4.69, 9.17) is 0 Å². The maximum absolute atomic E-state index is 4.47. The summed E-state index contributed by atoms with van der Waals surface area (Å²) in [6.07, 6.45) is 1.88. The molecule has 0 N–H and O–H groups in total. The van der Waals surface area contributed by atoms with Crippen LogP contribution in [0.3, 0.4) is 0 Å². The van der Waals surface area contributed by atoms with E-state index in [0.29, 0.717) is 0 Å². The van der Waals surface area contributed by atoms with Crippen molar-refractivity contribution in [3.05, 3.63) is 17.5 Å². The Balaban J connectivity index is 0.00000169. The lowest BCUT2D eigenvalue weighted by atomic mass is 10.6. The van der Waals surface area contributed by atoms with Crippen molar-refractivity contribution < 1.29 is 17.0 Å². The molecule has 80 valence electrons. The molecule has 0 bridgehead atoms. The fraction of sp³-hybridized carbons (Fsp3) is 0.500. The van der Waals surface area contributed by atoms with Gasteiger partial charge in [0.25, 0.3) is 0 Å². The first-order valence-electron chi connectivity index (χ1n) is 3.94. The topological polar surface area (TPSA) is 19.1 Å². The van der Waals surface area contributed by atoms with Crippen LogP contribution in [0.2, 0.25) is 0 Å². The minimum absolute atomic E-state index is 0. The van der Waals surface area contributed by atoms with Crippen molar-refractivity contribution in [1.82, 2.24) is 9.56 Å². The average molecular weight is 296 g/mol. The predicted molar refractivity (Wildman–Crippen MR) is 60.6 cm³/mol. The molecule has 0 amide bonds. The largest absolute Gasteiger partial charge is 1.00 e. The third-order valence-electron chi connectivity index (χ3n) is 1.49. The molecule has 14 heavy (non-hydrogen) atoms. The third kappa shape index (κ3) is 3.51. The zero-order valence-electron chi connectivity index (χ0n) is 8.53. The molecular formula is C8H14BrN3S2. The van der Waals surface area contributed by atoms with Gasteiger partial charge in [-0.25, -0.2) is 0 Å². The van der Waals surface area contributed by atoms with Crippen LogP contribution in [0.5, 0.6) is 0 Å². The monoisotopic (exact) mass is 295 g/mol. The van der Waals surface area contributed by atoms with Crippen LogP contribution in [-0.4, -0.2) is 32.7 Å². The summed E-state index contributed by atoms with van der Waals surface area (Å²) in [5.41, 5.74) is 0. The SMILES string of the molecule is C=CCN(C)c1nc(=[N+](C)C)ss1.[Br-]. The number of halogens is 1. The van der Waals surface area contributed by atoms with Gasteiger partial charge in [-0.3, -0.25) is 4.58 Å². The van der Waals surface area contributed by atoms with E-state index in [0.717, 1.165) is 16.5 Å². The highest BCUT2D eigenvalue weighted by Crippen LogP contribution is 2.16. The van der Waals surface area contributed by atoms with Gasteiger partial charge >= 0.3 is 9.93 Å². The van der Waals surface area contributed by atoms with Crippen LogP contribution in [0.15, 0.2) is 12.7 Å².